The van der Waals surface area contributed by atoms with Gasteiger partial charge in [-0.3, -0.25) is 0 Å². The van der Waals surface area contributed by atoms with E-state index in [0.29, 0.717) is 11.0 Å². The maximum absolute atomic E-state index is 5.80. The van der Waals surface area contributed by atoms with Gasteiger partial charge in [0.15, 0.2) is 5.52 Å². The zero-order chi connectivity index (χ0) is 9.42. The molecule has 0 bridgehead atoms. The van der Waals surface area contributed by atoms with Crippen molar-refractivity contribution < 1.29 is 4.74 Å². The molecule has 68 valence electrons. The molecule has 2 heterocycles. The van der Waals surface area contributed by atoms with E-state index in [1.165, 1.54) is 0 Å². The molecule has 0 aliphatic rings. The van der Waals surface area contributed by atoms with E-state index in [4.69, 9.17) is 16.3 Å². The summed E-state index contributed by atoms with van der Waals surface area (Å²) in [5.74, 6) is 0.461. The summed E-state index contributed by atoms with van der Waals surface area (Å²) in [6.07, 6.45) is 1.70. The molecule has 2 rings (SSSR count). The highest BCUT2D eigenvalue weighted by molar-refractivity contribution is 6.30. The van der Waals surface area contributed by atoms with E-state index in [-0.39, 0.29) is 0 Å². The van der Waals surface area contributed by atoms with Gasteiger partial charge in [-0.25, -0.2) is 4.98 Å². The lowest BCUT2D eigenvalue weighted by molar-refractivity contribution is 0.402. The Morgan fingerprint density at radius 1 is 1.54 bits per heavy atom. The summed E-state index contributed by atoms with van der Waals surface area (Å²) in [6, 6.07) is 1.76. The number of hydrogen-bond donors (Lipinski definition) is 0. The van der Waals surface area contributed by atoms with Crippen molar-refractivity contribution in [2.45, 2.75) is 0 Å². The number of hydrogen-bond acceptors (Lipinski definition) is 3. The lowest BCUT2D eigenvalue weighted by Crippen LogP contribution is -1.91. The van der Waals surface area contributed by atoms with Gasteiger partial charge in [0.2, 0.25) is 5.88 Å². The molecule has 0 spiro atoms. The van der Waals surface area contributed by atoms with Crippen LogP contribution in [0.1, 0.15) is 0 Å². The molecule has 0 amide bonds. The predicted molar refractivity (Wildman–Crippen MR) is 50.1 cm³/mol. The third kappa shape index (κ3) is 1.23. The first-order valence-electron chi connectivity index (χ1n) is 3.74. The second-order valence-corrected chi connectivity index (χ2v) is 3.06. The summed E-state index contributed by atoms with van der Waals surface area (Å²) >= 11 is 5.80. The fraction of sp³-hybridized carbons (Fsp3) is 0.250. The van der Waals surface area contributed by atoms with Gasteiger partial charge in [0.1, 0.15) is 5.15 Å². The van der Waals surface area contributed by atoms with E-state index in [1.54, 1.807) is 19.5 Å². The molecule has 0 saturated carbocycles. The van der Waals surface area contributed by atoms with Crippen LogP contribution >= 0.6 is 11.6 Å². The zero-order valence-electron chi connectivity index (χ0n) is 7.28. The lowest BCUT2D eigenvalue weighted by Gasteiger charge is -2.00. The molecule has 2 aromatic rings. The number of aromatic nitrogens is 3. The van der Waals surface area contributed by atoms with Crippen LogP contribution in [0.25, 0.3) is 11.0 Å². The van der Waals surface area contributed by atoms with Gasteiger partial charge in [0.05, 0.1) is 19.0 Å². The first-order valence-corrected chi connectivity index (χ1v) is 4.11. The monoisotopic (exact) mass is 197 g/mol. The molecule has 0 fully saturated rings. The molecule has 5 heteroatoms. The Labute approximate surface area is 80.1 Å². The van der Waals surface area contributed by atoms with Gasteiger partial charge >= 0.3 is 0 Å². The highest BCUT2D eigenvalue weighted by Crippen LogP contribution is 2.24. The van der Waals surface area contributed by atoms with Crippen molar-refractivity contribution in [3.05, 3.63) is 17.5 Å². The minimum atomic E-state index is 0.410. The van der Waals surface area contributed by atoms with Gasteiger partial charge in [-0.05, 0) is 0 Å². The van der Waals surface area contributed by atoms with Crippen molar-refractivity contribution in [2.75, 3.05) is 7.11 Å². The standard InChI is InChI=1S/C8H8ClN3O/c1-12-4-10-7-5(12)3-6(9)11-8(7)13-2/h3-4H,1-2H3. The molecule has 13 heavy (non-hydrogen) atoms. The van der Waals surface area contributed by atoms with E-state index in [2.05, 4.69) is 9.97 Å². The summed E-state index contributed by atoms with van der Waals surface area (Å²) in [7, 11) is 3.44. The molecular weight excluding hydrogens is 190 g/mol. The van der Waals surface area contributed by atoms with Crippen molar-refractivity contribution in [3.8, 4) is 5.88 Å². The topological polar surface area (TPSA) is 39.9 Å². The number of nitrogens with zero attached hydrogens (tertiary/aromatic N) is 3. The zero-order valence-corrected chi connectivity index (χ0v) is 8.04. The minimum Gasteiger partial charge on any atom is -0.479 e. The van der Waals surface area contributed by atoms with Crippen molar-refractivity contribution in [3.63, 3.8) is 0 Å². The Morgan fingerprint density at radius 2 is 2.31 bits per heavy atom. The molecule has 0 aromatic carbocycles. The Balaban J connectivity index is 2.84. The number of fused-ring (bicyclic) bond motifs is 1. The molecule has 0 saturated heterocycles. The summed E-state index contributed by atoms with van der Waals surface area (Å²) in [6.45, 7) is 0. The summed E-state index contributed by atoms with van der Waals surface area (Å²) < 4.78 is 6.92. The van der Waals surface area contributed by atoms with Crippen LogP contribution in [0.2, 0.25) is 5.15 Å². The molecule has 4 nitrogen and oxygen atoms in total. The number of ether oxygens (including phenoxy) is 1. The van der Waals surface area contributed by atoms with E-state index in [0.717, 1.165) is 11.0 Å². The molecule has 0 aliphatic carbocycles. The normalized spacial score (nSPS) is 10.7. The fourth-order valence-electron chi connectivity index (χ4n) is 1.21. The minimum absolute atomic E-state index is 0.410. The Kier molecular flexibility index (Phi) is 1.84. The molecule has 0 unspecified atom stereocenters. The average Bonchev–Trinajstić information content (AvgIpc) is 2.47. The molecule has 0 aliphatic heterocycles. The molecule has 2 aromatic heterocycles. The van der Waals surface area contributed by atoms with Crippen molar-refractivity contribution in [1.82, 2.24) is 14.5 Å². The van der Waals surface area contributed by atoms with E-state index in [1.807, 2.05) is 11.6 Å². The number of methoxy groups -OCH3 is 1. The number of halogens is 1. The first-order chi connectivity index (χ1) is 6.22. The maximum Gasteiger partial charge on any atom is 0.243 e. The quantitative estimate of drug-likeness (QED) is 0.653. The largest absolute Gasteiger partial charge is 0.479 e. The van der Waals surface area contributed by atoms with E-state index >= 15 is 0 Å². The van der Waals surface area contributed by atoms with Crippen molar-refractivity contribution >= 4 is 22.6 Å². The SMILES string of the molecule is COc1nc(Cl)cc2c1ncn2C. The highest BCUT2D eigenvalue weighted by Gasteiger charge is 2.08. The Bertz CT molecular complexity index is 452. The Hall–Kier alpha value is -1.29. The van der Waals surface area contributed by atoms with Crippen LogP contribution in [-0.2, 0) is 7.05 Å². The van der Waals surface area contributed by atoms with Crippen molar-refractivity contribution in [1.29, 1.82) is 0 Å². The first kappa shape index (κ1) is 8.31. The van der Waals surface area contributed by atoms with Gasteiger partial charge < -0.3 is 9.30 Å². The van der Waals surface area contributed by atoms with Crippen LogP contribution in [0, 0.1) is 0 Å². The molecule has 0 N–H and O–H groups in total. The van der Waals surface area contributed by atoms with Crippen LogP contribution in [0.4, 0.5) is 0 Å². The van der Waals surface area contributed by atoms with Crippen LogP contribution in [0.3, 0.4) is 0 Å². The van der Waals surface area contributed by atoms with E-state index in [9.17, 15) is 0 Å². The third-order valence-electron chi connectivity index (χ3n) is 1.84. The van der Waals surface area contributed by atoms with Gasteiger partial charge in [0, 0.05) is 13.1 Å². The second kappa shape index (κ2) is 2.88. The summed E-state index contributed by atoms with van der Waals surface area (Å²) in [5, 5.41) is 0.410. The predicted octanol–water partition coefficient (Wildman–Crippen LogP) is 1.63. The molecule has 0 radical (unpaired) electrons. The van der Waals surface area contributed by atoms with E-state index < -0.39 is 0 Å². The highest BCUT2D eigenvalue weighted by atomic mass is 35.5. The third-order valence-corrected chi connectivity index (χ3v) is 2.04. The summed E-state index contributed by atoms with van der Waals surface area (Å²) in [5.41, 5.74) is 1.64. The second-order valence-electron chi connectivity index (χ2n) is 2.68. The number of rotatable bonds is 1. The van der Waals surface area contributed by atoms with Crippen LogP contribution in [0.5, 0.6) is 5.88 Å². The molecular formula is C8H8ClN3O. The van der Waals surface area contributed by atoms with Gasteiger partial charge in [-0.1, -0.05) is 11.6 Å². The van der Waals surface area contributed by atoms with Gasteiger partial charge in [0.25, 0.3) is 0 Å². The molecule has 0 atom stereocenters. The number of aryl methyl sites for hydroxylation is 1. The van der Waals surface area contributed by atoms with Gasteiger partial charge in [-0.15, -0.1) is 0 Å². The average molecular weight is 198 g/mol. The van der Waals surface area contributed by atoms with Crippen LogP contribution in [0.15, 0.2) is 12.4 Å². The number of imidazole rings is 1. The van der Waals surface area contributed by atoms with Crippen molar-refractivity contribution in [2.24, 2.45) is 7.05 Å². The maximum atomic E-state index is 5.80. The fourth-order valence-corrected chi connectivity index (χ4v) is 1.39. The lowest BCUT2D eigenvalue weighted by atomic mass is 10.4. The smallest absolute Gasteiger partial charge is 0.243 e. The summed E-state index contributed by atoms with van der Waals surface area (Å²) in [4.78, 5) is 8.15. The van der Waals surface area contributed by atoms with Crippen LogP contribution < -0.4 is 4.74 Å². The van der Waals surface area contributed by atoms with Gasteiger partial charge in [-0.2, -0.15) is 4.98 Å². The van der Waals surface area contributed by atoms with Crippen LogP contribution in [-0.4, -0.2) is 21.6 Å². The number of pyridine rings is 1. The Morgan fingerprint density at radius 3 is 3.00 bits per heavy atom.